The molecule has 2 aromatic carbocycles. The van der Waals surface area contributed by atoms with Crippen LogP contribution < -0.4 is 5.32 Å². The van der Waals surface area contributed by atoms with Crippen molar-refractivity contribution in [3.05, 3.63) is 65.6 Å². The number of benzene rings is 2. The summed E-state index contributed by atoms with van der Waals surface area (Å²) in [5, 5.41) is 9.86. The van der Waals surface area contributed by atoms with Gasteiger partial charge in [-0.2, -0.15) is 5.10 Å². The summed E-state index contributed by atoms with van der Waals surface area (Å²) in [5.41, 5.74) is 2.81. The van der Waals surface area contributed by atoms with Gasteiger partial charge in [0.1, 0.15) is 5.70 Å². The predicted molar refractivity (Wildman–Crippen MR) is 126 cm³/mol. The molecule has 0 bridgehead atoms. The first-order chi connectivity index (χ1) is 15.0. The number of fused-ring (bicyclic) bond motifs is 1. The second-order valence-corrected chi connectivity index (χ2v) is 8.12. The molecular formula is C23H23N5O2S. The molecule has 1 aromatic heterocycles. The van der Waals surface area contributed by atoms with Gasteiger partial charge in [-0.15, -0.1) is 0 Å². The Bertz CT molecular complexity index is 1220. The van der Waals surface area contributed by atoms with E-state index >= 15 is 0 Å². The first-order valence-electron chi connectivity index (χ1n) is 9.99. The van der Waals surface area contributed by atoms with Crippen molar-refractivity contribution in [3.63, 3.8) is 0 Å². The number of amides is 2. The van der Waals surface area contributed by atoms with Gasteiger partial charge in [0.05, 0.1) is 11.4 Å². The van der Waals surface area contributed by atoms with Gasteiger partial charge in [-0.3, -0.25) is 19.2 Å². The van der Waals surface area contributed by atoms with E-state index in [-0.39, 0.29) is 17.6 Å². The molecule has 1 aliphatic rings. The quantitative estimate of drug-likeness (QED) is 0.621. The normalized spacial score (nSPS) is 15.1. The molecule has 0 radical (unpaired) electrons. The minimum atomic E-state index is -0.164. The summed E-state index contributed by atoms with van der Waals surface area (Å²) < 4.78 is 1.70. The number of thioether (sulfide) groups is 1. The van der Waals surface area contributed by atoms with E-state index in [1.165, 1.54) is 11.8 Å². The number of aliphatic imine (C=N–C) groups is 1. The average molecular weight is 434 g/mol. The number of carbonyl (C=O) groups is 2. The van der Waals surface area contributed by atoms with Crippen molar-refractivity contribution in [2.45, 2.75) is 13.8 Å². The van der Waals surface area contributed by atoms with Crippen molar-refractivity contribution in [3.8, 4) is 0 Å². The van der Waals surface area contributed by atoms with Crippen LogP contribution in [0.1, 0.15) is 18.2 Å². The summed E-state index contributed by atoms with van der Waals surface area (Å²) in [7, 11) is 1.84. The van der Waals surface area contributed by atoms with Gasteiger partial charge >= 0.3 is 0 Å². The van der Waals surface area contributed by atoms with Gasteiger partial charge in [-0.1, -0.05) is 48.2 Å². The molecule has 3 aromatic rings. The van der Waals surface area contributed by atoms with Crippen LogP contribution in [0.3, 0.4) is 0 Å². The summed E-state index contributed by atoms with van der Waals surface area (Å²) in [5.74, 6) is -0.152. The SMILES string of the molecule is CCN1C(=O)/C(=C\c2cn(C)nc2C)N=C1SCC(=O)Nc1cccc2ccccc12. The highest BCUT2D eigenvalue weighted by Crippen LogP contribution is 2.26. The number of hydrogen-bond acceptors (Lipinski definition) is 5. The maximum Gasteiger partial charge on any atom is 0.278 e. The zero-order valence-corrected chi connectivity index (χ0v) is 18.4. The molecule has 2 amide bonds. The van der Waals surface area contributed by atoms with E-state index in [0.717, 1.165) is 27.7 Å². The largest absolute Gasteiger partial charge is 0.325 e. The lowest BCUT2D eigenvalue weighted by Crippen LogP contribution is -2.31. The molecule has 0 saturated heterocycles. The third-order valence-electron chi connectivity index (χ3n) is 4.97. The molecule has 0 saturated carbocycles. The van der Waals surface area contributed by atoms with Crippen LogP contribution in [0.2, 0.25) is 0 Å². The van der Waals surface area contributed by atoms with Gasteiger partial charge in [-0.05, 0) is 31.4 Å². The smallest absolute Gasteiger partial charge is 0.278 e. The monoisotopic (exact) mass is 433 g/mol. The van der Waals surface area contributed by atoms with Crippen molar-refractivity contribution in [1.82, 2.24) is 14.7 Å². The van der Waals surface area contributed by atoms with E-state index in [4.69, 9.17) is 0 Å². The van der Waals surface area contributed by atoms with Crippen molar-refractivity contribution < 1.29 is 9.59 Å². The topological polar surface area (TPSA) is 79.6 Å². The average Bonchev–Trinajstić information content (AvgIpc) is 3.24. The van der Waals surface area contributed by atoms with E-state index in [2.05, 4.69) is 15.4 Å². The van der Waals surface area contributed by atoms with Crippen LogP contribution in [0.4, 0.5) is 5.69 Å². The van der Waals surface area contributed by atoms with Gasteiger partial charge in [0, 0.05) is 36.4 Å². The van der Waals surface area contributed by atoms with Crippen molar-refractivity contribution in [2.75, 3.05) is 17.6 Å². The summed E-state index contributed by atoms with van der Waals surface area (Å²) in [6.07, 6.45) is 3.60. The number of rotatable bonds is 5. The predicted octanol–water partition coefficient (Wildman–Crippen LogP) is 3.81. The molecule has 0 spiro atoms. The Balaban J connectivity index is 1.48. The molecule has 7 nitrogen and oxygen atoms in total. The van der Waals surface area contributed by atoms with Gasteiger partial charge < -0.3 is 5.32 Å². The molecule has 0 aliphatic carbocycles. The number of aromatic nitrogens is 2. The Labute approximate surface area is 184 Å². The highest BCUT2D eigenvalue weighted by atomic mass is 32.2. The minimum absolute atomic E-state index is 0.145. The summed E-state index contributed by atoms with van der Waals surface area (Å²) in [4.78, 5) is 31.4. The van der Waals surface area contributed by atoms with Gasteiger partial charge in [0.15, 0.2) is 5.17 Å². The fourth-order valence-corrected chi connectivity index (χ4v) is 4.34. The van der Waals surface area contributed by atoms with E-state index in [1.807, 2.05) is 69.6 Å². The number of nitrogens with zero attached hydrogens (tertiary/aromatic N) is 4. The van der Waals surface area contributed by atoms with Crippen LogP contribution in [0.5, 0.6) is 0 Å². The molecule has 4 rings (SSSR count). The second-order valence-electron chi connectivity index (χ2n) is 7.18. The molecule has 2 heterocycles. The number of aryl methyl sites for hydroxylation is 2. The van der Waals surface area contributed by atoms with Crippen LogP contribution in [-0.2, 0) is 16.6 Å². The van der Waals surface area contributed by atoms with Gasteiger partial charge in [-0.25, -0.2) is 4.99 Å². The first kappa shape index (κ1) is 20.9. The Morgan fingerprint density at radius 1 is 1.19 bits per heavy atom. The Hall–Kier alpha value is -3.39. The van der Waals surface area contributed by atoms with Crippen LogP contribution in [0.25, 0.3) is 16.8 Å². The fraction of sp³-hybridized carbons (Fsp3) is 0.217. The molecular weight excluding hydrogens is 410 g/mol. The van der Waals surface area contributed by atoms with Crippen LogP contribution >= 0.6 is 11.8 Å². The third-order valence-corrected chi connectivity index (χ3v) is 5.94. The lowest BCUT2D eigenvalue weighted by Gasteiger charge is -2.15. The van der Waals surface area contributed by atoms with E-state index in [0.29, 0.717) is 17.4 Å². The number of likely N-dealkylation sites (N-methyl/N-ethyl adjacent to an activating group) is 1. The molecule has 0 unspecified atom stereocenters. The number of amidine groups is 1. The first-order valence-corrected chi connectivity index (χ1v) is 11.0. The lowest BCUT2D eigenvalue weighted by atomic mass is 10.1. The van der Waals surface area contributed by atoms with Gasteiger partial charge in [0.25, 0.3) is 5.91 Å². The summed E-state index contributed by atoms with van der Waals surface area (Å²) in [6.45, 7) is 4.27. The lowest BCUT2D eigenvalue weighted by molar-refractivity contribution is -0.122. The fourth-order valence-electron chi connectivity index (χ4n) is 3.48. The maximum atomic E-state index is 12.8. The Morgan fingerprint density at radius 2 is 1.97 bits per heavy atom. The Morgan fingerprint density at radius 3 is 2.71 bits per heavy atom. The van der Waals surface area contributed by atoms with E-state index in [9.17, 15) is 9.59 Å². The van der Waals surface area contributed by atoms with E-state index < -0.39 is 0 Å². The summed E-state index contributed by atoms with van der Waals surface area (Å²) in [6, 6.07) is 13.7. The van der Waals surface area contributed by atoms with Crippen LogP contribution in [0, 0.1) is 6.92 Å². The third kappa shape index (κ3) is 4.39. The highest BCUT2D eigenvalue weighted by Gasteiger charge is 2.30. The Kier molecular flexibility index (Phi) is 5.90. The van der Waals surface area contributed by atoms with Gasteiger partial charge in [0.2, 0.25) is 5.91 Å². The molecule has 1 N–H and O–H groups in total. The molecule has 0 atom stereocenters. The highest BCUT2D eigenvalue weighted by molar-refractivity contribution is 8.14. The zero-order chi connectivity index (χ0) is 22.0. The molecule has 31 heavy (non-hydrogen) atoms. The zero-order valence-electron chi connectivity index (χ0n) is 17.6. The van der Waals surface area contributed by atoms with Crippen molar-refractivity contribution in [1.29, 1.82) is 0 Å². The second kappa shape index (κ2) is 8.77. The number of hydrogen-bond donors (Lipinski definition) is 1. The minimum Gasteiger partial charge on any atom is -0.325 e. The molecule has 0 fully saturated rings. The number of anilines is 1. The standard InChI is InChI=1S/C23H23N5O2S/c1-4-28-22(30)20(12-17-13-27(3)26-15(17)2)25-23(28)31-14-21(29)24-19-11-7-9-16-8-5-6-10-18(16)19/h5-13H,4,14H2,1-3H3,(H,24,29)/b20-12+. The van der Waals surface area contributed by atoms with Crippen LogP contribution in [-0.4, -0.2) is 44.0 Å². The maximum absolute atomic E-state index is 12.8. The summed E-state index contributed by atoms with van der Waals surface area (Å²) >= 11 is 1.26. The van der Waals surface area contributed by atoms with Crippen LogP contribution in [0.15, 0.2) is 59.4 Å². The number of nitrogens with one attached hydrogen (secondary N) is 1. The van der Waals surface area contributed by atoms with E-state index in [1.54, 1.807) is 15.7 Å². The molecule has 158 valence electrons. The number of carbonyl (C=O) groups excluding carboxylic acids is 2. The van der Waals surface area contributed by atoms with Crippen molar-refractivity contribution >= 4 is 51.3 Å². The molecule has 8 heteroatoms. The van der Waals surface area contributed by atoms with Crippen molar-refractivity contribution in [2.24, 2.45) is 12.0 Å². The molecule has 1 aliphatic heterocycles.